The van der Waals surface area contributed by atoms with Crippen molar-refractivity contribution in [3.63, 3.8) is 0 Å². The SMILES string of the molecule is O=C(O)c1cc(Br)ccc1S(=O)(=O)Cc1ccc(S(=O)(=O)C(F)(F)F)cc1. The van der Waals surface area contributed by atoms with E-state index in [1.807, 2.05) is 0 Å². The summed E-state index contributed by atoms with van der Waals surface area (Å²) in [5.74, 6) is -2.19. The van der Waals surface area contributed by atoms with Crippen LogP contribution in [-0.2, 0) is 25.4 Å². The average molecular weight is 487 g/mol. The Bertz CT molecular complexity index is 1090. The molecular weight excluding hydrogens is 477 g/mol. The average Bonchev–Trinajstić information content (AvgIpc) is 2.53. The Hall–Kier alpha value is -1.92. The van der Waals surface area contributed by atoms with Crippen LogP contribution in [0.2, 0.25) is 0 Å². The number of aromatic carboxylic acids is 1. The first kappa shape index (κ1) is 21.4. The highest BCUT2D eigenvalue weighted by molar-refractivity contribution is 9.10. The van der Waals surface area contributed by atoms with Crippen molar-refractivity contribution >= 4 is 41.6 Å². The molecule has 27 heavy (non-hydrogen) atoms. The van der Waals surface area contributed by atoms with E-state index in [-0.39, 0.29) is 5.56 Å². The van der Waals surface area contributed by atoms with Crippen LogP contribution in [0.25, 0.3) is 0 Å². The Morgan fingerprint density at radius 1 is 1.00 bits per heavy atom. The summed E-state index contributed by atoms with van der Waals surface area (Å²) >= 11 is 3.03. The number of carboxylic acid groups (broad SMARTS) is 1. The predicted octanol–water partition coefficient (Wildman–Crippen LogP) is 3.41. The van der Waals surface area contributed by atoms with E-state index in [1.165, 1.54) is 6.07 Å². The summed E-state index contributed by atoms with van der Waals surface area (Å²) in [4.78, 5) is 9.77. The molecule has 0 bridgehead atoms. The van der Waals surface area contributed by atoms with Crippen molar-refractivity contribution in [3.8, 4) is 0 Å². The van der Waals surface area contributed by atoms with E-state index in [0.717, 1.165) is 24.3 Å². The summed E-state index contributed by atoms with van der Waals surface area (Å²) in [6.07, 6.45) is 0. The van der Waals surface area contributed by atoms with Gasteiger partial charge in [-0.05, 0) is 35.9 Å². The molecule has 0 spiro atoms. The first-order valence-electron chi connectivity index (χ1n) is 6.91. The second-order valence-corrected chi connectivity index (χ2v) is 10.1. The molecule has 0 atom stereocenters. The van der Waals surface area contributed by atoms with E-state index in [9.17, 15) is 34.8 Å². The van der Waals surface area contributed by atoms with Gasteiger partial charge < -0.3 is 5.11 Å². The van der Waals surface area contributed by atoms with Gasteiger partial charge in [-0.1, -0.05) is 28.1 Å². The lowest BCUT2D eigenvalue weighted by Crippen LogP contribution is -2.23. The Labute approximate surface area is 160 Å². The van der Waals surface area contributed by atoms with E-state index in [1.54, 1.807) is 0 Å². The van der Waals surface area contributed by atoms with Gasteiger partial charge in [0.25, 0.3) is 9.84 Å². The van der Waals surface area contributed by atoms with Gasteiger partial charge >= 0.3 is 11.5 Å². The number of sulfone groups is 2. The molecule has 0 aliphatic heterocycles. The van der Waals surface area contributed by atoms with Gasteiger partial charge in [0.1, 0.15) is 0 Å². The molecule has 0 aromatic heterocycles. The highest BCUT2D eigenvalue weighted by atomic mass is 79.9. The number of halogens is 4. The first-order chi connectivity index (χ1) is 12.3. The fraction of sp³-hybridized carbons (Fsp3) is 0.133. The van der Waals surface area contributed by atoms with E-state index in [4.69, 9.17) is 5.11 Å². The minimum atomic E-state index is -5.54. The van der Waals surface area contributed by atoms with Crippen LogP contribution in [0.3, 0.4) is 0 Å². The molecule has 0 radical (unpaired) electrons. The van der Waals surface area contributed by atoms with E-state index in [2.05, 4.69) is 15.9 Å². The summed E-state index contributed by atoms with van der Waals surface area (Å²) in [5, 5.41) is 9.16. The molecule has 0 saturated carbocycles. The lowest BCUT2D eigenvalue weighted by atomic mass is 10.2. The maximum absolute atomic E-state index is 12.5. The molecule has 2 aromatic rings. The number of rotatable bonds is 5. The highest BCUT2D eigenvalue weighted by Crippen LogP contribution is 2.31. The number of carbonyl (C=O) groups is 1. The molecule has 0 heterocycles. The first-order valence-corrected chi connectivity index (χ1v) is 10.8. The van der Waals surface area contributed by atoms with E-state index in [0.29, 0.717) is 16.6 Å². The molecule has 0 aliphatic carbocycles. The molecule has 1 N–H and O–H groups in total. The molecular formula is C15H10BrF3O6S2. The quantitative estimate of drug-likeness (QED) is 0.693. The summed E-state index contributed by atoms with van der Waals surface area (Å²) in [7, 11) is -9.70. The van der Waals surface area contributed by atoms with Gasteiger partial charge in [-0.15, -0.1) is 0 Å². The van der Waals surface area contributed by atoms with E-state index >= 15 is 0 Å². The summed E-state index contributed by atoms with van der Waals surface area (Å²) in [6, 6.07) is 6.67. The maximum atomic E-state index is 12.5. The number of alkyl halides is 3. The second-order valence-electron chi connectivity index (χ2n) is 5.30. The van der Waals surface area contributed by atoms with Crippen LogP contribution in [0, 0.1) is 0 Å². The third kappa shape index (κ3) is 4.50. The van der Waals surface area contributed by atoms with Gasteiger partial charge in [-0.3, -0.25) is 0 Å². The van der Waals surface area contributed by atoms with Gasteiger partial charge in [-0.25, -0.2) is 21.6 Å². The standard InChI is InChI=1S/C15H10BrF3O6S2/c16-10-3-6-13(12(7-10)14(20)21)26(22,23)8-9-1-4-11(5-2-9)27(24,25)15(17,18)19/h1-7H,8H2,(H,20,21). The van der Waals surface area contributed by atoms with Crippen LogP contribution >= 0.6 is 15.9 Å². The zero-order valence-corrected chi connectivity index (χ0v) is 16.3. The Balaban J connectivity index is 2.39. The molecule has 0 amide bonds. The third-order valence-corrected chi connectivity index (χ3v) is 7.14. The summed E-state index contributed by atoms with van der Waals surface area (Å²) < 4.78 is 85.5. The molecule has 6 nitrogen and oxygen atoms in total. The Kier molecular flexibility index (Phi) is 5.74. The molecule has 2 aromatic carbocycles. The molecule has 146 valence electrons. The van der Waals surface area contributed by atoms with Crippen LogP contribution in [0.4, 0.5) is 13.2 Å². The minimum absolute atomic E-state index is 0.00428. The van der Waals surface area contributed by atoms with Crippen molar-refractivity contribution in [2.75, 3.05) is 0 Å². The molecule has 0 fully saturated rings. The normalized spacial score (nSPS) is 12.7. The fourth-order valence-corrected chi connectivity index (χ4v) is 4.80. The summed E-state index contributed by atoms with van der Waals surface area (Å²) in [6.45, 7) is 0. The molecule has 0 aliphatic rings. The number of hydrogen-bond donors (Lipinski definition) is 1. The molecule has 0 unspecified atom stereocenters. The lowest BCUT2D eigenvalue weighted by molar-refractivity contribution is -0.0436. The van der Waals surface area contributed by atoms with Crippen LogP contribution < -0.4 is 0 Å². The van der Waals surface area contributed by atoms with E-state index < -0.39 is 52.3 Å². The van der Waals surface area contributed by atoms with Crippen molar-refractivity contribution in [2.45, 2.75) is 21.1 Å². The van der Waals surface area contributed by atoms with Crippen molar-refractivity contribution in [1.82, 2.24) is 0 Å². The Morgan fingerprint density at radius 2 is 1.56 bits per heavy atom. The van der Waals surface area contributed by atoms with Crippen molar-refractivity contribution in [3.05, 3.63) is 58.1 Å². The highest BCUT2D eigenvalue weighted by Gasteiger charge is 2.46. The van der Waals surface area contributed by atoms with Crippen LogP contribution in [0.1, 0.15) is 15.9 Å². The Morgan fingerprint density at radius 3 is 2.04 bits per heavy atom. The van der Waals surface area contributed by atoms with Crippen molar-refractivity contribution in [1.29, 1.82) is 0 Å². The fourth-order valence-electron chi connectivity index (χ4n) is 2.14. The van der Waals surface area contributed by atoms with Crippen LogP contribution in [-0.4, -0.2) is 33.4 Å². The maximum Gasteiger partial charge on any atom is 0.501 e. The number of carboxylic acids is 1. The number of hydrogen-bond acceptors (Lipinski definition) is 5. The molecule has 12 heteroatoms. The second kappa shape index (κ2) is 7.24. The minimum Gasteiger partial charge on any atom is -0.478 e. The van der Waals surface area contributed by atoms with Crippen LogP contribution in [0.15, 0.2) is 56.7 Å². The lowest BCUT2D eigenvalue weighted by Gasteiger charge is -2.10. The van der Waals surface area contributed by atoms with Crippen LogP contribution in [0.5, 0.6) is 0 Å². The van der Waals surface area contributed by atoms with Crippen molar-refractivity contribution in [2.24, 2.45) is 0 Å². The van der Waals surface area contributed by atoms with Gasteiger partial charge in [0, 0.05) is 4.47 Å². The van der Waals surface area contributed by atoms with Gasteiger partial charge in [0.15, 0.2) is 9.84 Å². The van der Waals surface area contributed by atoms with Gasteiger partial charge in [0.05, 0.1) is 21.1 Å². The number of benzene rings is 2. The zero-order valence-electron chi connectivity index (χ0n) is 13.1. The predicted molar refractivity (Wildman–Crippen MR) is 91.7 cm³/mol. The zero-order chi connectivity index (χ0) is 20.6. The molecule has 2 rings (SSSR count). The topological polar surface area (TPSA) is 106 Å². The van der Waals surface area contributed by atoms with Crippen molar-refractivity contribution < 1.29 is 39.9 Å². The third-order valence-electron chi connectivity index (χ3n) is 3.40. The van der Waals surface area contributed by atoms with Gasteiger partial charge in [-0.2, -0.15) is 13.2 Å². The molecule has 0 saturated heterocycles. The largest absolute Gasteiger partial charge is 0.501 e. The summed E-state index contributed by atoms with van der Waals surface area (Å²) in [5.41, 5.74) is -5.95. The van der Waals surface area contributed by atoms with Gasteiger partial charge in [0.2, 0.25) is 0 Å². The monoisotopic (exact) mass is 486 g/mol. The smallest absolute Gasteiger partial charge is 0.478 e.